The average molecular weight is 824 g/mol. The molecule has 267 valence electrons. The van der Waals surface area contributed by atoms with Gasteiger partial charge < -0.3 is 24.8 Å². The van der Waals surface area contributed by atoms with Gasteiger partial charge in [0.25, 0.3) is 0 Å². The Balaban J connectivity index is 0.000000255. The van der Waals surface area contributed by atoms with Gasteiger partial charge in [0.05, 0.1) is 12.6 Å². The largest absolute Gasteiger partial charge is 0.364 e. The molecule has 0 bridgehead atoms. The number of ether oxygens (including phenoxy) is 1. The van der Waals surface area contributed by atoms with E-state index < -0.39 is 0 Å². The maximum Gasteiger partial charge on any atom is 0.242 e. The van der Waals surface area contributed by atoms with E-state index in [1.807, 2.05) is 46.2 Å². The van der Waals surface area contributed by atoms with Gasteiger partial charge >= 0.3 is 0 Å². The summed E-state index contributed by atoms with van der Waals surface area (Å²) in [5, 5.41) is 2.89. The van der Waals surface area contributed by atoms with Crippen LogP contribution in [0.4, 0.5) is 0 Å². The average Bonchev–Trinajstić information content (AvgIpc) is 3.12. The van der Waals surface area contributed by atoms with E-state index in [2.05, 4.69) is 23.5 Å². The molecular weight excluding hydrogens is 770 g/mol. The van der Waals surface area contributed by atoms with Crippen LogP contribution in [0.2, 0.25) is 0 Å². The maximum absolute atomic E-state index is 12.8. The van der Waals surface area contributed by atoms with Crippen LogP contribution in [0.15, 0.2) is 54.6 Å². The molecule has 2 aromatic rings. The molecule has 2 aromatic carbocycles. The number of amides is 4. The molecular formula is C38H53IN4O5V. The molecule has 49 heavy (non-hydrogen) atoms. The summed E-state index contributed by atoms with van der Waals surface area (Å²) >= 11 is 0. The number of piperazine rings is 1. The van der Waals surface area contributed by atoms with Crippen molar-refractivity contribution in [3.63, 3.8) is 0 Å². The van der Waals surface area contributed by atoms with Gasteiger partial charge in [0.1, 0.15) is 13.3 Å². The van der Waals surface area contributed by atoms with Crippen molar-refractivity contribution < 1.29 is 42.5 Å². The van der Waals surface area contributed by atoms with Crippen molar-refractivity contribution in [2.75, 3.05) is 46.6 Å². The van der Waals surface area contributed by atoms with Gasteiger partial charge in [-0.3, -0.25) is 19.2 Å². The minimum atomic E-state index is -0.132. The second-order valence-corrected chi connectivity index (χ2v) is 13.5. The summed E-state index contributed by atoms with van der Waals surface area (Å²) in [6.07, 6.45) is 12.5. The molecule has 0 aromatic heterocycles. The first-order chi connectivity index (χ1) is 22.9. The van der Waals surface area contributed by atoms with Crippen LogP contribution >= 0.6 is 24.0 Å². The number of nitrogens with zero attached hydrogens (tertiary/aromatic N) is 3. The Bertz CT molecular complexity index is 1350. The molecule has 9 nitrogen and oxygen atoms in total. The van der Waals surface area contributed by atoms with E-state index in [0.717, 1.165) is 70.8 Å². The number of carbonyl (C=O) groups is 4. The number of hydrogen-bond donors (Lipinski definition) is 1. The van der Waals surface area contributed by atoms with Gasteiger partial charge in [-0.1, -0.05) is 93.1 Å². The van der Waals surface area contributed by atoms with Crippen molar-refractivity contribution in [3.8, 4) is 0 Å². The topological polar surface area (TPSA) is 99.3 Å². The van der Waals surface area contributed by atoms with Crippen LogP contribution in [0, 0.1) is 11.8 Å². The van der Waals surface area contributed by atoms with Crippen LogP contribution in [-0.2, 0) is 55.3 Å². The Labute approximate surface area is 321 Å². The molecule has 1 N–H and O–H groups in total. The van der Waals surface area contributed by atoms with E-state index in [4.69, 9.17) is 4.74 Å². The first-order valence-corrected chi connectivity index (χ1v) is 17.7. The summed E-state index contributed by atoms with van der Waals surface area (Å²) < 4.78 is 5.12. The number of halogens is 1. The number of carbonyl (C=O) groups excluding carboxylic acids is 4. The second kappa shape index (κ2) is 21.1. The molecule has 11 heteroatoms. The number of fused-ring (bicyclic) bond motifs is 3. The third-order valence-electron chi connectivity index (χ3n) is 10.2. The standard InChI is InChI=1S/C19H28N2O3.C19H24N2O2.HI.V/c1-24-15-21(19(23)17-10-6-3-7-11-17)14-18(22)20-13-12-16-8-4-2-5-9-16;22-18-13-20(19(23)15-7-2-1-3-8-15)12-17-16-9-5-4-6-14(16)10-11-21(17)18;;/h2,4-5,8-9,17H,3,6-7,10-15H2,1H3,(H,20,22);4-6,9,15,17H,1-3,7-8,10-13H2;1H;. The van der Waals surface area contributed by atoms with Gasteiger partial charge in [-0.05, 0) is 55.2 Å². The number of hydrogen-bond acceptors (Lipinski definition) is 5. The monoisotopic (exact) mass is 823 g/mol. The zero-order chi connectivity index (χ0) is 33.0. The number of rotatable bonds is 9. The van der Waals surface area contributed by atoms with Gasteiger partial charge in [-0.2, -0.15) is 0 Å². The van der Waals surface area contributed by atoms with Crippen LogP contribution < -0.4 is 5.32 Å². The minimum Gasteiger partial charge on any atom is -0.364 e. The molecule has 2 heterocycles. The van der Waals surface area contributed by atoms with E-state index >= 15 is 0 Å². The third kappa shape index (κ3) is 11.6. The summed E-state index contributed by atoms with van der Waals surface area (Å²) in [5.41, 5.74) is 3.74. The van der Waals surface area contributed by atoms with Crippen molar-refractivity contribution in [3.05, 3.63) is 71.3 Å². The van der Waals surface area contributed by atoms with Crippen molar-refractivity contribution in [1.82, 2.24) is 20.0 Å². The first kappa shape index (κ1) is 41.0. The molecule has 1 atom stereocenters. The molecule has 3 fully saturated rings. The Morgan fingerprint density at radius 1 is 0.878 bits per heavy atom. The summed E-state index contributed by atoms with van der Waals surface area (Å²) in [6, 6.07) is 18.4. The van der Waals surface area contributed by atoms with Gasteiger partial charge in [0.15, 0.2) is 0 Å². The van der Waals surface area contributed by atoms with Crippen molar-refractivity contribution in [2.24, 2.45) is 11.8 Å². The van der Waals surface area contributed by atoms with Gasteiger partial charge in [-0.15, -0.1) is 24.0 Å². The second-order valence-electron chi connectivity index (χ2n) is 13.5. The minimum absolute atomic E-state index is 0. The van der Waals surface area contributed by atoms with E-state index in [-0.39, 0.29) is 104 Å². The Morgan fingerprint density at radius 3 is 2.18 bits per heavy atom. The van der Waals surface area contributed by atoms with E-state index in [1.165, 1.54) is 34.4 Å². The Morgan fingerprint density at radius 2 is 1.51 bits per heavy atom. The molecule has 1 unspecified atom stereocenters. The van der Waals surface area contributed by atoms with Crippen molar-refractivity contribution in [2.45, 2.75) is 83.1 Å². The predicted octanol–water partition coefficient (Wildman–Crippen LogP) is 5.51. The van der Waals surface area contributed by atoms with E-state index in [9.17, 15) is 19.2 Å². The third-order valence-corrected chi connectivity index (χ3v) is 10.2. The fourth-order valence-electron chi connectivity index (χ4n) is 7.62. The van der Waals surface area contributed by atoms with Gasteiger partial charge in [-0.25, -0.2) is 0 Å². The smallest absolute Gasteiger partial charge is 0.242 e. The molecule has 6 rings (SSSR count). The number of benzene rings is 2. The fourth-order valence-corrected chi connectivity index (χ4v) is 7.62. The van der Waals surface area contributed by atoms with Crippen LogP contribution in [0.5, 0.6) is 0 Å². The van der Waals surface area contributed by atoms with Crippen LogP contribution in [0.25, 0.3) is 0 Å². The molecule has 2 aliphatic carbocycles. The Kier molecular flexibility index (Phi) is 17.6. The zero-order valence-electron chi connectivity index (χ0n) is 28.9. The summed E-state index contributed by atoms with van der Waals surface area (Å²) in [5.74, 6) is 0.426. The number of nitrogens with one attached hydrogen (secondary N) is 1. The van der Waals surface area contributed by atoms with Crippen LogP contribution in [0.3, 0.4) is 0 Å². The molecule has 4 amide bonds. The molecule has 2 saturated carbocycles. The quantitative estimate of drug-likeness (QED) is 0.266. The van der Waals surface area contributed by atoms with Gasteiger partial charge in [0, 0.05) is 57.1 Å². The molecule has 1 radical (unpaired) electrons. The van der Waals surface area contributed by atoms with Crippen LogP contribution in [0.1, 0.15) is 86.9 Å². The molecule has 4 aliphatic rings. The van der Waals surface area contributed by atoms with Crippen molar-refractivity contribution in [1.29, 1.82) is 0 Å². The molecule has 0 spiro atoms. The Hall–Kier alpha value is -2.41. The summed E-state index contributed by atoms with van der Waals surface area (Å²) in [4.78, 5) is 55.5. The predicted molar refractivity (Wildman–Crippen MR) is 196 cm³/mol. The normalized spacial score (nSPS) is 19.1. The maximum atomic E-state index is 12.8. The summed E-state index contributed by atoms with van der Waals surface area (Å²) in [6.45, 7) is 2.53. The van der Waals surface area contributed by atoms with E-state index in [1.54, 1.807) is 7.11 Å². The first-order valence-electron chi connectivity index (χ1n) is 17.7. The summed E-state index contributed by atoms with van der Waals surface area (Å²) in [7, 11) is 1.55. The number of methoxy groups -OCH3 is 1. The van der Waals surface area contributed by atoms with Crippen LogP contribution in [-0.4, -0.2) is 84.9 Å². The van der Waals surface area contributed by atoms with Crippen molar-refractivity contribution >= 4 is 47.6 Å². The van der Waals surface area contributed by atoms with E-state index in [0.29, 0.717) is 13.1 Å². The molecule has 1 saturated heterocycles. The SMILES string of the molecule is COCN(CC(=O)NCCc1ccccc1)C(=O)C1CCCCC1.I.O=C(C1CCCCC1)N1CC(=O)N2CCc3ccccc3C2C1.[V]. The fraction of sp³-hybridized carbons (Fsp3) is 0.579. The molecule has 2 aliphatic heterocycles. The van der Waals surface area contributed by atoms with Gasteiger partial charge in [0.2, 0.25) is 23.6 Å². The zero-order valence-corrected chi connectivity index (χ0v) is 32.6.